The summed E-state index contributed by atoms with van der Waals surface area (Å²) in [6.07, 6.45) is 1.60. The van der Waals surface area contributed by atoms with E-state index >= 15 is 0 Å². The number of nitrogens with zero attached hydrogens (tertiary/aromatic N) is 3. The molecule has 1 amide bonds. The minimum Gasteiger partial charge on any atom is -0.496 e. The number of benzene rings is 1. The Morgan fingerprint density at radius 3 is 2.80 bits per heavy atom. The van der Waals surface area contributed by atoms with Crippen molar-refractivity contribution in [1.29, 1.82) is 0 Å². The van der Waals surface area contributed by atoms with Crippen LogP contribution in [0, 0.1) is 6.92 Å². The van der Waals surface area contributed by atoms with Crippen LogP contribution in [0.5, 0.6) is 5.75 Å². The summed E-state index contributed by atoms with van der Waals surface area (Å²) in [6.45, 7) is 3.81. The van der Waals surface area contributed by atoms with Crippen LogP contribution in [0.15, 0.2) is 24.5 Å². The lowest BCUT2D eigenvalue weighted by Crippen LogP contribution is -2.28. The standard InChI is InChI=1S/C14H18N4O2/c1-9-5-6-11(12(7-9)20-4)14(19)16-10(2)13-17-15-8-18(13)3/h5-8,10H,1-4H3,(H,16,19)/t10-/m1/s1. The van der Waals surface area contributed by atoms with Crippen LogP contribution in [0.4, 0.5) is 0 Å². The first-order chi connectivity index (χ1) is 9.52. The molecule has 1 aromatic carbocycles. The Labute approximate surface area is 117 Å². The number of aryl methyl sites for hydroxylation is 2. The number of nitrogens with one attached hydrogen (secondary N) is 1. The Morgan fingerprint density at radius 2 is 2.20 bits per heavy atom. The Kier molecular flexibility index (Phi) is 4.02. The molecule has 1 heterocycles. The van der Waals surface area contributed by atoms with E-state index in [0.717, 1.165) is 5.56 Å². The first-order valence-corrected chi connectivity index (χ1v) is 6.32. The molecule has 0 aliphatic heterocycles. The second-order valence-electron chi connectivity index (χ2n) is 4.70. The third-order valence-corrected chi connectivity index (χ3v) is 3.08. The zero-order valence-electron chi connectivity index (χ0n) is 12.0. The molecule has 2 rings (SSSR count). The molecule has 0 spiro atoms. The van der Waals surface area contributed by atoms with E-state index in [1.165, 1.54) is 0 Å². The molecule has 1 aromatic heterocycles. The van der Waals surface area contributed by atoms with Crippen LogP contribution in [0.2, 0.25) is 0 Å². The third-order valence-electron chi connectivity index (χ3n) is 3.08. The summed E-state index contributed by atoms with van der Waals surface area (Å²) in [4.78, 5) is 12.3. The largest absolute Gasteiger partial charge is 0.496 e. The average molecular weight is 274 g/mol. The normalized spacial score (nSPS) is 12.0. The van der Waals surface area contributed by atoms with Crippen LogP contribution >= 0.6 is 0 Å². The van der Waals surface area contributed by atoms with Crippen molar-refractivity contribution in [2.75, 3.05) is 7.11 Å². The van der Waals surface area contributed by atoms with Gasteiger partial charge in [0.1, 0.15) is 12.1 Å². The van der Waals surface area contributed by atoms with Crippen molar-refractivity contribution in [2.24, 2.45) is 7.05 Å². The van der Waals surface area contributed by atoms with Gasteiger partial charge in [-0.3, -0.25) is 4.79 Å². The number of hydrogen-bond donors (Lipinski definition) is 1. The van der Waals surface area contributed by atoms with Crippen molar-refractivity contribution in [1.82, 2.24) is 20.1 Å². The van der Waals surface area contributed by atoms with Gasteiger partial charge in [-0.25, -0.2) is 0 Å². The number of methoxy groups -OCH3 is 1. The first-order valence-electron chi connectivity index (χ1n) is 6.32. The van der Waals surface area contributed by atoms with E-state index in [-0.39, 0.29) is 11.9 Å². The number of carbonyl (C=O) groups excluding carboxylic acids is 1. The van der Waals surface area contributed by atoms with Gasteiger partial charge in [0.25, 0.3) is 5.91 Å². The van der Waals surface area contributed by atoms with Crippen molar-refractivity contribution in [3.63, 3.8) is 0 Å². The molecule has 1 N–H and O–H groups in total. The van der Waals surface area contributed by atoms with Crippen molar-refractivity contribution in [3.8, 4) is 5.75 Å². The molecule has 6 heteroatoms. The maximum atomic E-state index is 12.3. The lowest BCUT2D eigenvalue weighted by molar-refractivity contribution is 0.0934. The van der Waals surface area contributed by atoms with Crippen LogP contribution in [-0.4, -0.2) is 27.8 Å². The lowest BCUT2D eigenvalue weighted by Gasteiger charge is -2.14. The maximum Gasteiger partial charge on any atom is 0.255 e. The number of aromatic nitrogens is 3. The highest BCUT2D eigenvalue weighted by Gasteiger charge is 2.18. The van der Waals surface area contributed by atoms with E-state index in [2.05, 4.69) is 15.5 Å². The van der Waals surface area contributed by atoms with Crippen LogP contribution in [0.1, 0.15) is 34.7 Å². The summed E-state index contributed by atoms with van der Waals surface area (Å²) in [6, 6.07) is 5.24. The number of ether oxygens (including phenoxy) is 1. The fourth-order valence-electron chi connectivity index (χ4n) is 2.01. The smallest absolute Gasteiger partial charge is 0.255 e. The van der Waals surface area contributed by atoms with Gasteiger partial charge in [0, 0.05) is 7.05 Å². The lowest BCUT2D eigenvalue weighted by atomic mass is 10.1. The number of carbonyl (C=O) groups is 1. The monoisotopic (exact) mass is 274 g/mol. The summed E-state index contributed by atoms with van der Waals surface area (Å²) >= 11 is 0. The fraction of sp³-hybridized carbons (Fsp3) is 0.357. The molecule has 0 fully saturated rings. The summed E-state index contributed by atoms with van der Waals surface area (Å²) in [5.41, 5.74) is 1.55. The Balaban J connectivity index is 2.18. The molecule has 0 saturated heterocycles. The molecule has 0 radical (unpaired) electrons. The highest BCUT2D eigenvalue weighted by atomic mass is 16.5. The molecular formula is C14H18N4O2. The van der Waals surface area contributed by atoms with E-state index in [4.69, 9.17) is 4.74 Å². The minimum atomic E-state index is -0.235. The van der Waals surface area contributed by atoms with Gasteiger partial charge in [-0.15, -0.1) is 10.2 Å². The molecule has 0 saturated carbocycles. The molecule has 0 aliphatic carbocycles. The van der Waals surface area contributed by atoms with Gasteiger partial charge in [0.15, 0.2) is 5.82 Å². The molecule has 0 unspecified atom stereocenters. The van der Waals surface area contributed by atoms with Gasteiger partial charge in [-0.1, -0.05) is 6.07 Å². The summed E-state index contributed by atoms with van der Waals surface area (Å²) in [5.74, 6) is 1.06. The highest BCUT2D eigenvalue weighted by molar-refractivity contribution is 5.97. The predicted molar refractivity (Wildman–Crippen MR) is 74.6 cm³/mol. The number of amides is 1. The van der Waals surface area contributed by atoms with Crippen molar-refractivity contribution < 1.29 is 9.53 Å². The SMILES string of the molecule is COc1cc(C)ccc1C(=O)N[C@H](C)c1nncn1C. The minimum absolute atomic E-state index is 0.197. The molecular weight excluding hydrogens is 256 g/mol. The number of rotatable bonds is 4. The first kappa shape index (κ1) is 14.0. The van der Waals surface area contributed by atoms with Crippen molar-refractivity contribution >= 4 is 5.91 Å². The maximum absolute atomic E-state index is 12.3. The highest BCUT2D eigenvalue weighted by Crippen LogP contribution is 2.20. The van der Waals surface area contributed by atoms with Gasteiger partial charge in [0.05, 0.1) is 18.7 Å². The second kappa shape index (κ2) is 5.73. The van der Waals surface area contributed by atoms with Crippen LogP contribution < -0.4 is 10.1 Å². The van der Waals surface area contributed by atoms with Gasteiger partial charge in [-0.2, -0.15) is 0 Å². The molecule has 20 heavy (non-hydrogen) atoms. The topological polar surface area (TPSA) is 69.0 Å². The third kappa shape index (κ3) is 2.79. The van der Waals surface area contributed by atoms with E-state index in [1.54, 1.807) is 24.1 Å². The summed E-state index contributed by atoms with van der Waals surface area (Å²) in [5, 5.41) is 10.7. The molecule has 6 nitrogen and oxygen atoms in total. The quantitative estimate of drug-likeness (QED) is 0.920. The van der Waals surface area contributed by atoms with E-state index in [9.17, 15) is 4.79 Å². The zero-order valence-corrected chi connectivity index (χ0v) is 12.0. The Morgan fingerprint density at radius 1 is 1.45 bits per heavy atom. The fourth-order valence-corrected chi connectivity index (χ4v) is 2.01. The van der Waals surface area contributed by atoms with Gasteiger partial charge >= 0.3 is 0 Å². The van der Waals surface area contributed by atoms with E-state index in [0.29, 0.717) is 17.1 Å². The van der Waals surface area contributed by atoms with Crippen LogP contribution in [0.3, 0.4) is 0 Å². The number of hydrogen-bond acceptors (Lipinski definition) is 4. The molecule has 2 aromatic rings. The summed E-state index contributed by atoms with van der Waals surface area (Å²) in [7, 11) is 3.39. The van der Waals surface area contributed by atoms with E-state index < -0.39 is 0 Å². The van der Waals surface area contributed by atoms with Crippen LogP contribution in [-0.2, 0) is 7.05 Å². The van der Waals surface area contributed by atoms with Gasteiger partial charge in [-0.05, 0) is 31.5 Å². The molecule has 1 atom stereocenters. The average Bonchev–Trinajstić information content (AvgIpc) is 2.84. The van der Waals surface area contributed by atoms with E-state index in [1.807, 2.05) is 33.0 Å². The van der Waals surface area contributed by atoms with Crippen molar-refractivity contribution in [2.45, 2.75) is 19.9 Å². The second-order valence-corrected chi connectivity index (χ2v) is 4.70. The van der Waals surface area contributed by atoms with Gasteiger partial charge in [0.2, 0.25) is 0 Å². The van der Waals surface area contributed by atoms with Gasteiger partial charge < -0.3 is 14.6 Å². The Bertz CT molecular complexity index is 621. The molecule has 106 valence electrons. The zero-order chi connectivity index (χ0) is 14.7. The molecule has 0 bridgehead atoms. The van der Waals surface area contributed by atoms with Crippen molar-refractivity contribution in [3.05, 3.63) is 41.5 Å². The van der Waals surface area contributed by atoms with Crippen LogP contribution in [0.25, 0.3) is 0 Å². The predicted octanol–water partition coefficient (Wildman–Crippen LogP) is 1.62. The summed E-state index contributed by atoms with van der Waals surface area (Å²) < 4.78 is 7.02. The Hall–Kier alpha value is -2.37. The molecule has 0 aliphatic rings.